The summed E-state index contributed by atoms with van der Waals surface area (Å²) >= 11 is 0. The molecule has 0 spiro atoms. The molecule has 1 saturated heterocycles. The number of hydrogen-bond acceptors (Lipinski definition) is 2. The number of carbonyl (C=O) groups excluding carboxylic acids is 1. The molecule has 0 saturated carbocycles. The van der Waals surface area contributed by atoms with E-state index in [0.29, 0.717) is 6.54 Å². The molecule has 0 unspecified atom stereocenters. The second-order valence-corrected chi connectivity index (χ2v) is 4.33. The number of ketones is 1. The van der Waals surface area contributed by atoms with Crippen molar-refractivity contribution < 1.29 is 4.79 Å². The lowest BCUT2D eigenvalue weighted by Crippen LogP contribution is -2.34. The molecule has 0 aromatic carbocycles. The molecule has 0 amide bonds. The number of carbonyl (C=O) groups is 1. The maximum Gasteiger partial charge on any atom is 0.178 e. The Morgan fingerprint density at radius 2 is 2.07 bits per heavy atom. The van der Waals surface area contributed by atoms with Gasteiger partial charge in [0.1, 0.15) is 0 Å². The van der Waals surface area contributed by atoms with Gasteiger partial charge in [0.2, 0.25) is 0 Å². The Morgan fingerprint density at radius 3 is 2.67 bits per heavy atom. The van der Waals surface area contributed by atoms with Crippen LogP contribution in [0.5, 0.6) is 0 Å². The fourth-order valence-corrected chi connectivity index (χ4v) is 2.08. The Hall–Kier alpha value is -1.09. The van der Waals surface area contributed by atoms with Crippen LogP contribution in [0, 0.1) is 0 Å². The van der Waals surface area contributed by atoms with Crippen LogP contribution in [0.15, 0.2) is 18.5 Å². The van der Waals surface area contributed by atoms with Crippen molar-refractivity contribution in [3.05, 3.63) is 24.0 Å². The van der Waals surface area contributed by atoms with E-state index in [-0.39, 0.29) is 5.78 Å². The van der Waals surface area contributed by atoms with E-state index in [1.54, 1.807) is 0 Å². The highest BCUT2D eigenvalue weighted by molar-refractivity contribution is 5.97. The van der Waals surface area contributed by atoms with Gasteiger partial charge in [-0.1, -0.05) is 6.42 Å². The zero-order chi connectivity index (χ0) is 10.7. The number of aromatic nitrogens is 1. The van der Waals surface area contributed by atoms with E-state index >= 15 is 0 Å². The van der Waals surface area contributed by atoms with Gasteiger partial charge in [-0.25, -0.2) is 0 Å². The second kappa shape index (κ2) is 4.62. The third-order valence-electron chi connectivity index (χ3n) is 2.97. The van der Waals surface area contributed by atoms with Crippen LogP contribution in [-0.2, 0) is 7.05 Å². The van der Waals surface area contributed by atoms with Crippen molar-refractivity contribution in [2.24, 2.45) is 7.05 Å². The highest BCUT2D eigenvalue weighted by Crippen LogP contribution is 2.10. The topological polar surface area (TPSA) is 25.2 Å². The van der Waals surface area contributed by atoms with E-state index < -0.39 is 0 Å². The molecule has 3 nitrogen and oxygen atoms in total. The molecule has 0 N–H and O–H groups in total. The van der Waals surface area contributed by atoms with Crippen molar-refractivity contribution in [3.63, 3.8) is 0 Å². The number of hydrogen-bond donors (Lipinski definition) is 0. The third kappa shape index (κ3) is 2.69. The fraction of sp³-hybridized carbons (Fsp3) is 0.583. The largest absolute Gasteiger partial charge is 0.357 e. The monoisotopic (exact) mass is 206 g/mol. The van der Waals surface area contributed by atoms with Gasteiger partial charge in [0.05, 0.1) is 6.54 Å². The Labute approximate surface area is 90.7 Å². The second-order valence-electron chi connectivity index (χ2n) is 4.33. The van der Waals surface area contributed by atoms with Gasteiger partial charge in [0, 0.05) is 25.0 Å². The minimum absolute atomic E-state index is 0.248. The molecule has 0 atom stereocenters. The van der Waals surface area contributed by atoms with Crippen LogP contribution in [0.25, 0.3) is 0 Å². The van der Waals surface area contributed by atoms with Gasteiger partial charge in [0.25, 0.3) is 0 Å². The van der Waals surface area contributed by atoms with Crippen molar-refractivity contribution in [1.82, 2.24) is 9.47 Å². The summed E-state index contributed by atoms with van der Waals surface area (Å²) in [6.45, 7) is 2.75. The summed E-state index contributed by atoms with van der Waals surface area (Å²) in [7, 11) is 1.94. The average molecular weight is 206 g/mol. The van der Waals surface area contributed by atoms with Crippen molar-refractivity contribution in [2.75, 3.05) is 19.6 Å². The Kier molecular flexibility index (Phi) is 3.21. The number of rotatable bonds is 3. The smallest absolute Gasteiger partial charge is 0.178 e. The van der Waals surface area contributed by atoms with Crippen molar-refractivity contribution >= 4 is 5.78 Å². The van der Waals surface area contributed by atoms with Crippen molar-refractivity contribution in [3.8, 4) is 0 Å². The van der Waals surface area contributed by atoms with Gasteiger partial charge < -0.3 is 4.57 Å². The summed E-state index contributed by atoms with van der Waals surface area (Å²) in [6, 6.07) is 1.90. The lowest BCUT2D eigenvalue weighted by molar-refractivity contribution is 0.0915. The molecule has 2 rings (SSSR count). The van der Waals surface area contributed by atoms with E-state index in [0.717, 1.165) is 18.7 Å². The minimum Gasteiger partial charge on any atom is -0.357 e. The lowest BCUT2D eigenvalue weighted by Gasteiger charge is -2.25. The molecule has 1 aromatic rings. The first-order chi connectivity index (χ1) is 7.25. The molecule has 0 bridgehead atoms. The molecule has 1 aliphatic rings. The maximum atomic E-state index is 11.9. The Bertz CT molecular complexity index is 337. The van der Waals surface area contributed by atoms with E-state index in [1.807, 2.05) is 30.1 Å². The Balaban J connectivity index is 1.91. The molecule has 0 radical (unpaired) electrons. The molecule has 1 aliphatic heterocycles. The summed E-state index contributed by atoms with van der Waals surface area (Å²) in [4.78, 5) is 14.1. The molecule has 0 aliphatic carbocycles. The first-order valence-corrected chi connectivity index (χ1v) is 5.63. The van der Waals surface area contributed by atoms with Crippen molar-refractivity contribution in [1.29, 1.82) is 0 Å². The van der Waals surface area contributed by atoms with Gasteiger partial charge in [-0.3, -0.25) is 9.69 Å². The normalized spacial score (nSPS) is 17.9. The van der Waals surface area contributed by atoms with Gasteiger partial charge in [-0.05, 0) is 32.0 Å². The van der Waals surface area contributed by atoms with Crippen LogP contribution >= 0.6 is 0 Å². The summed E-state index contributed by atoms with van der Waals surface area (Å²) in [5.74, 6) is 0.248. The first-order valence-electron chi connectivity index (χ1n) is 5.63. The van der Waals surface area contributed by atoms with Crippen LogP contribution in [0.3, 0.4) is 0 Å². The summed E-state index contributed by atoms with van der Waals surface area (Å²) < 4.78 is 1.92. The van der Waals surface area contributed by atoms with Crippen LogP contribution < -0.4 is 0 Å². The van der Waals surface area contributed by atoms with Crippen LogP contribution in [-0.4, -0.2) is 34.9 Å². The lowest BCUT2D eigenvalue weighted by atomic mass is 10.1. The Morgan fingerprint density at radius 1 is 1.33 bits per heavy atom. The van der Waals surface area contributed by atoms with Crippen LogP contribution in [0.1, 0.15) is 29.6 Å². The minimum atomic E-state index is 0.248. The third-order valence-corrected chi connectivity index (χ3v) is 2.97. The first kappa shape index (κ1) is 10.4. The fourth-order valence-electron chi connectivity index (χ4n) is 2.08. The molecule has 2 heterocycles. The molecule has 1 fully saturated rings. The van der Waals surface area contributed by atoms with Crippen LogP contribution in [0.2, 0.25) is 0 Å². The van der Waals surface area contributed by atoms with Crippen LogP contribution in [0.4, 0.5) is 0 Å². The number of Topliss-reactive ketones (excluding diaryl/α,β-unsaturated/α-hetero) is 1. The number of nitrogens with zero attached hydrogens (tertiary/aromatic N) is 2. The van der Waals surface area contributed by atoms with E-state index in [4.69, 9.17) is 0 Å². The number of aryl methyl sites for hydroxylation is 1. The highest BCUT2D eigenvalue weighted by atomic mass is 16.1. The molecule has 3 heteroatoms. The predicted octanol–water partition coefficient (Wildman–Crippen LogP) is 1.69. The van der Waals surface area contributed by atoms with Gasteiger partial charge in [-0.15, -0.1) is 0 Å². The molecule has 1 aromatic heterocycles. The summed E-state index contributed by atoms with van der Waals surface area (Å²) in [5.41, 5.74) is 0.836. The van der Waals surface area contributed by atoms with E-state index in [1.165, 1.54) is 19.3 Å². The number of piperidine rings is 1. The van der Waals surface area contributed by atoms with Gasteiger partial charge in [-0.2, -0.15) is 0 Å². The standard InChI is InChI=1S/C12H18N2O/c1-13-8-5-11(9-13)12(15)10-14-6-3-2-4-7-14/h5,8-9H,2-4,6-7,10H2,1H3. The highest BCUT2D eigenvalue weighted by Gasteiger charge is 2.15. The molecular formula is C12H18N2O. The zero-order valence-corrected chi connectivity index (χ0v) is 9.28. The van der Waals surface area contributed by atoms with Crippen molar-refractivity contribution in [2.45, 2.75) is 19.3 Å². The average Bonchev–Trinajstić information content (AvgIpc) is 2.66. The summed E-state index contributed by atoms with van der Waals surface area (Å²) in [5, 5.41) is 0. The molecule has 82 valence electrons. The molecule has 15 heavy (non-hydrogen) atoms. The summed E-state index contributed by atoms with van der Waals surface area (Å²) in [6.07, 6.45) is 7.61. The maximum absolute atomic E-state index is 11.9. The predicted molar refractivity (Wildman–Crippen MR) is 60.0 cm³/mol. The molecular weight excluding hydrogens is 188 g/mol. The quantitative estimate of drug-likeness (QED) is 0.703. The SMILES string of the molecule is Cn1ccc(C(=O)CN2CCCCC2)c1. The van der Waals surface area contributed by atoms with E-state index in [9.17, 15) is 4.79 Å². The zero-order valence-electron chi connectivity index (χ0n) is 9.28. The van der Waals surface area contributed by atoms with Gasteiger partial charge >= 0.3 is 0 Å². The van der Waals surface area contributed by atoms with E-state index in [2.05, 4.69) is 4.90 Å². The number of likely N-dealkylation sites (tertiary alicyclic amines) is 1. The van der Waals surface area contributed by atoms with Gasteiger partial charge in [0.15, 0.2) is 5.78 Å².